The van der Waals surface area contributed by atoms with Gasteiger partial charge in [0.25, 0.3) is 0 Å². The van der Waals surface area contributed by atoms with Crippen molar-refractivity contribution in [3.05, 3.63) is 122 Å². The molecule has 2 unspecified atom stereocenters. The van der Waals surface area contributed by atoms with Gasteiger partial charge in [-0.3, -0.25) is 13.8 Å². The lowest BCUT2D eigenvalue weighted by atomic mass is 10.2. The summed E-state index contributed by atoms with van der Waals surface area (Å²) < 4.78 is 27.1. The lowest BCUT2D eigenvalue weighted by Gasteiger charge is -2.24. The second-order valence-corrected chi connectivity index (χ2v) is 14.9. The molecule has 0 heterocycles. The number of phosphoric acid groups is 1. The van der Waals surface area contributed by atoms with Crippen LogP contribution >= 0.6 is 7.82 Å². The molecule has 0 aromatic heterocycles. The minimum atomic E-state index is -4.27. The summed E-state index contributed by atoms with van der Waals surface area (Å²) >= 11 is 0. The third-order valence-electron chi connectivity index (χ3n) is 7.24. The molecule has 53 heavy (non-hydrogen) atoms. The van der Waals surface area contributed by atoms with Gasteiger partial charge in [0, 0.05) is 6.42 Å². The van der Waals surface area contributed by atoms with E-state index in [1.165, 1.54) is 0 Å². The Balaban J connectivity index is 3.72. The standard InChI is InChI=1S/C44H70NO7P/c1-5-6-7-8-9-10-11-12-13-14-15-16-17-18-19-20-21-22-23-24-25-26-27-28-29-30-31-32-33-34-35-36-37-38-44(47)50-41-43(46)42-52-53(48,49)51-40-39-45(2,3)4/h6-7,9-10,12-13,15-16,18-19,21-22,24-25,27-28,30-31,33-34,43,46H,5,8,11,14,17,20,23,26,29,32,35-42H2,1-4H3/p+1/b7-6-,10-9-,13-12-,16-15-,19-18-,22-21-,25-24-,28-27-,31-30-,34-33-. The average molecular weight is 757 g/mol. The van der Waals surface area contributed by atoms with Crippen LogP contribution in [0.2, 0.25) is 0 Å². The number of carbonyl (C=O) groups is 1. The van der Waals surface area contributed by atoms with E-state index in [9.17, 15) is 19.4 Å². The quantitative estimate of drug-likeness (QED) is 0.0226. The molecule has 0 aliphatic rings. The fourth-order valence-electron chi connectivity index (χ4n) is 4.21. The second kappa shape index (κ2) is 35.9. The summed E-state index contributed by atoms with van der Waals surface area (Å²) in [6.45, 7) is 1.94. The Morgan fingerprint density at radius 1 is 0.585 bits per heavy atom. The van der Waals surface area contributed by atoms with Crippen LogP contribution in [0.4, 0.5) is 0 Å². The van der Waals surface area contributed by atoms with E-state index in [1.807, 2.05) is 21.1 Å². The normalized spacial score (nSPS) is 15.2. The Hall–Kier alpha value is -3.10. The number of likely N-dealkylation sites (N-methyl/N-ethyl adjacent to an activating group) is 1. The van der Waals surface area contributed by atoms with E-state index in [4.69, 9.17) is 13.8 Å². The Morgan fingerprint density at radius 3 is 1.34 bits per heavy atom. The van der Waals surface area contributed by atoms with Crippen molar-refractivity contribution in [2.24, 2.45) is 0 Å². The number of aliphatic hydroxyl groups is 1. The molecule has 0 aromatic rings. The largest absolute Gasteiger partial charge is 0.472 e. The Morgan fingerprint density at radius 2 is 0.962 bits per heavy atom. The minimum Gasteiger partial charge on any atom is -0.463 e. The molecule has 0 rings (SSSR count). The van der Waals surface area contributed by atoms with Gasteiger partial charge >= 0.3 is 13.8 Å². The first-order chi connectivity index (χ1) is 25.6. The number of ether oxygens (including phenoxy) is 1. The summed E-state index contributed by atoms with van der Waals surface area (Å²) in [5, 5.41) is 9.89. The van der Waals surface area contributed by atoms with Crippen molar-refractivity contribution in [3.63, 3.8) is 0 Å². The van der Waals surface area contributed by atoms with Crippen LogP contribution in [-0.4, -0.2) is 74.1 Å². The molecule has 0 radical (unpaired) electrons. The summed E-state index contributed by atoms with van der Waals surface area (Å²) in [6.07, 6.45) is 55.2. The predicted molar refractivity (Wildman–Crippen MR) is 223 cm³/mol. The minimum absolute atomic E-state index is 0.0398. The maximum atomic E-state index is 11.9. The van der Waals surface area contributed by atoms with Gasteiger partial charge in [-0.15, -0.1) is 0 Å². The van der Waals surface area contributed by atoms with Crippen molar-refractivity contribution in [2.75, 3.05) is 47.5 Å². The van der Waals surface area contributed by atoms with Gasteiger partial charge in [0.15, 0.2) is 0 Å². The number of hydrogen-bond acceptors (Lipinski definition) is 6. The fourth-order valence-corrected chi connectivity index (χ4v) is 4.96. The summed E-state index contributed by atoms with van der Waals surface area (Å²) in [4.78, 5) is 21.6. The first-order valence-corrected chi connectivity index (χ1v) is 20.8. The molecule has 2 atom stereocenters. The molecular formula is C44H71NO7P+. The topological polar surface area (TPSA) is 102 Å². The van der Waals surface area contributed by atoms with Crippen LogP contribution in [0.3, 0.4) is 0 Å². The first-order valence-electron chi connectivity index (χ1n) is 19.3. The Bertz CT molecular complexity index is 1250. The Labute approximate surface area is 322 Å². The highest BCUT2D eigenvalue weighted by Gasteiger charge is 2.24. The maximum Gasteiger partial charge on any atom is 0.472 e. The zero-order chi connectivity index (χ0) is 39.1. The van der Waals surface area contributed by atoms with Gasteiger partial charge in [0.2, 0.25) is 0 Å². The van der Waals surface area contributed by atoms with E-state index in [1.54, 1.807) is 0 Å². The fraction of sp³-hybridized carbons (Fsp3) is 0.523. The predicted octanol–water partition coefficient (Wildman–Crippen LogP) is 10.8. The van der Waals surface area contributed by atoms with Crippen LogP contribution < -0.4 is 0 Å². The summed E-state index contributed by atoms with van der Waals surface area (Å²) in [5.74, 6) is -0.421. The molecule has 8 nitrogen and oxygen atoms in total. The van der Waals surface area contributed by atoms with Gasteiger partial charge in [0.1, 0.15) is 25.9 Å². The van der Waals surface area contributed by atoms with E-state index < -0.39 is 26.5 Å². The van der Waals surface area contributed by atoms with Crippen LogP contribution in [0.15, 0.2) is 122 Å². The number of aliphatic hydroxyl groups excluding tert-OH is 1. The third-order valence-corrected chi connectivity index (χ3v) is 8.22. The van der Waals surface area contributed by atoms with Crippen molar-refractivity contribution in [1.82, 2.24) is 0 Å². The lowest BCUT2D eigenvalue weighted by molar-refractivity contribution is -0.870. The molecule has 0 aliphatic carbocycles. The molecule has 0 aromatic carbocycles. The summed E-state index contributed by atoms with van der Waals surface area (Å²) in [6, 6.07) is 0. The lowest BCUT2D eigenvalue weighted by Crippen LogP contribution is -2.37. The number of esters is 1. The van der Waals surface area contributed by atoms with Gasteiger partial charge in [-0.1, -0.05) is 128 Å². The number of phosphoric ester groups is 1. The number of allylic oxidation sites excluding steroid dienone is 20. The van der Waals surface area contributed by atoms with Gasteiger partial charge in [-0.2, -0.15) is 0 Å². The van der Waals surface area contributed by atoms with Gasteiger partial charge in [0.05, 0.1) is 27.7 Å². The van der Waals surface area contributed by atoms with E-state index >= 15 is 0 Å². The smallest absolute Gasteiger partial charge is 0.463 e. The molecule has 0 bridgehead atoms. The zero-order valence-electron chi connectivity index (χ0n) is 33.2. The number of quaternary nitrogens is 1. The van der Waals surface area contributed by atoms with E-state index in [-0.39, 0.29) is 19.6 Å². The highest BCUT2D eigenvalue weighted by Crippen LogP contribution is 2.43. The molecule has 298 valence electrons. The van der Waals surface area contributed by atoms with Crippen molar-refractivity contribution < 1.29 is 37.6 Å². The van der Waals surface area contributed by atoms with Crippen molar-refractivity contribution in [1.29, 1.82) is 0 Å². The summed E-state index contributed by atoms with van der Waals surface area (Å²) in [7, 11) is 1.51. The average Bonchev–Trinajstić information content (AvgIpc) is 3.11. The zero-order valence-corrected chi connectivity index (χ0v) is 34.1. The van der Waals surface area contributed by atoms with Crippen LogP contribution in [0, 0.1) is 0 Å². The highest BCUT2D eigenvalue weighted by atomic mass is 31.2. The molecule has 0 amide bonds. The molecule has 0 aliphatic heterocycles. The van der Waals surface area contributed by atoms with E-state index in [0.717, 1.165) is 77.0 Å². The number of rotatable bonds is 33. The number of unbranched alkanes of at least 4 members (excludes halogenated alkanes) is 2. The number of nitrogens with zero attached hydrogens (tertiary/aromatic N) is 1. The molecule has 9 heteroatoms. The molecule has 0 saturated carbocycles. The number of hydrogen-bond donors (Lipinski definition) is 2. The molecule has 0 spiro atoms. The van der Waals surface area contributed by atoms with Crippen LogP contribution in [0.25, 0.3) is 0 Å². The first kappa shape index (κ1) is 49.9. The monoisotopic (exact) mass is 756 g/mol. The van der Waals surface area contributed by atoms with Gasteiger partial charge in [-0.25, -0.2) is 4.57 Å². The molecule has 0 fully saturated rings. The highest BCUT2D eigenvalue weighted by molar-refractivity contribution is 7.47. The maximum absolute atomic E-state index is 11.9. The second-order valence-electron chi connectivity index (χ2n) is 13.4. The molecule has 2 N–H and O–H groups in total. The molecule has 0 saturated heterocycles. The van der Waals surface area contributed by atoms with E-state index in [0.29, 0.717) is 17.4 Å². The van der Waals surface area contributed by atoms with Gasteiger partial charge in [-0.05, 0) is 83.5 Å². The van der Waals surface area contributed by atoms with Crippen LogP contribution in [0.1, 0.15) is 96.8 Å². The SMILES string of the molecule is CC/C=C\C/C=C\C/C=C\C/C=C\C/C=C\C/C=C\C/C=C\C/C=C\C/C=C\C/C=C\CCCCC(=O)OCC(O)COP(=O)(O)OCC[N+](C)(C)C. The van der Waals surface area contributed by atoms with Crippen LogP contribution in [-0.2, 0) is 23.1 Å². The van der Waals surface area contributed by atoms with Crippen molar-refractivity contribution in [3.8, 4) is 0 Å². The Kier molecular flexibility index (Phi) is 33.8. The van der Waals surface area contributed by atoms with Crippen LogP contribution in [0.5, 0.6) is 0 Å². The number of carbonyl (C=O) groups excluding carboxylic acids is 1. The van der Waals surface area contributed by atoms with Crippen molar-refractivity contribution >= 4 is 13.8 Å². The van der Waals surface area contributed by atoms with E-state index in [2.05, 4.69) is 128 Å². The third kappa shape index (κ3) is 41.5. The van der Waals surface area contributed by atoms with Gasteiger partial charge < -0.3 is 19.2 Å². The van der Waals surface area contributed by atoms with Crippen molar-refractivity contribution in [2.45, 2.75) is 103 Å². The summed E-state index contributed by atoms with van der Waals surface area (Å²) in [5.41, 5.74) is 0. The molecular weight excluding hydrogens is 685 g/mol.